The molecule has 0 fully saturated rings. The maximum absolute atomic E-state index is 11.5. The number of benzene rings is 1. The summed E-state index contributed by atoms with van der Waals surface area (Å²) in [6.07, 6.45) is 1.72. The highest BCUT2D eigenvalue weighted by Gasteiger charge is 2.11. The van der Waals surface area contributed by atoms with Crippen molar-refractivity contribution in [3.8, 4) is 0 Å². The molecule has 0 bridgehead atoms. The summed E-state index contributed by atoms with van der Waals surface area (Å²) < 4.78 is 6.53. The van der Waals surface area contributed by atoms with Gasteiger partial charge in [-0.1, -0.05) is 18.2 Å². The molecule has 88 valence electrons. The number of ether oxygens (including phenoxy) is 1. The van der Waals surface area contributed by atoms with Crippen molar-refractivity contribution in [3.05, 3.63) is 36.0 Å². The van der Waals surface area contributed by atoms with Gasteiger partial charge in [-0.3, -0.25) is 14.2 Å². The highest BCUT2D eigenvalue weighted by Crippen LogP contribution is 2.21. The van der Waals surface area contributed by atoms with Crippen molar-refractivity contribution < 1.29 is 14.3 Å². The fraction of sp³-hybridized carbons (Fsp3) is 0.231. The van der Waals surface area contributed by atoms with E-state index in [1.54, 1.807) is 10.8 Å². The highest BCUT2D eigenvalue weighted by molar-refractivity contribution is 5.93. The largest absolute Gasteiger partial charge is 0.461 e. The predicted molar refractivity (Wildman–Crippen MR) is 63.7 cm³/mol. The monoisotopic (exact) mass is 231 g/mol. The smallest absolute Gasteiger partial charge is 0.302 e. The van der Waals surface area contributed by atoms with Gasteiger partial charge in [0.2, 0.25) is 5.91 Å². The number of rotatable bonds is 2. The van der Waals surface area contributed by atoms with Crippen LogP contribution in [0.4, 0.5) is 0 Å². The van der Waals surface area contributed by atoms with Gasteiger partial charge in [0, 0.05) is 31.0 Å². The van der Waals surface area contributed by atoms with Crippen LogP contribution in [0.1, 0.15) is 24.2 Å². The van der Waals surface area contributed by atoms with Crippen LogP contribution < -0.4 is 0 Å². The summed E-state index contributed by atoms with van der Waals surface area (Å²) in [4.78, 5) is 22.3. The Morgan fingerprint density at radius 2 is 1.94 bits per heavy atom. The van der Waals surface area contributed by atoms with Crippen molar-refractivity contribution >= 4 is 22.8 Å². The van der Waals surface area contributed by atoms with E-state index in [0.717, 1.165) is 16.5 Å². The lowest BCUT2D eigenvalue weighted by molar-refractivity contribution is -0.142. The van der Waals surface area contributed by atoms with Gasteiger partial charge in [-0.15, -0.1) is 0 Å². The summed E-state index contributed by atoms with van der Waals surface area (Å²) >= 11 is 0. The Labute approximate surface area is 98.8 Å². The molecule has 1 heterocycles. The molecule has 0 aliphatic carbocycles. The van der Waals surface area contributed by atoms with Crippen molar-refractivity contribution in [1.29, 1.82) is 0 Å². The average molecular weight is 231 g/mol. The molecule has 17 heavy (non-hydrogen) atoms. The van der Waals surface area contributed by atoms with E-state index in [2.05, 4.69) is 0 Å². The Bertz CT molecular complexity index is 583. The van der Waals surface area contributed by atoms with Crippen molar-refractivity contribution in [2.24, 2.45) is 0 Å². The van der Waals surface area contributed by atoms with Gasteiger partial charge < -0.3 is 4.74 Å². The van der Waals surface area contributed by atoms with Crippen molar-refractivity contribution in [2.75, 3.05) is 0 Å². The van der Waals surface area contributed by atoms with Gasteiger partial charge in [0.1, 0.15) is 6.61 Å². The Hall–Kier alpha value is -2.10. The molecule has 0 unspecified atom stereocenters. The second kappa shape index (κ2) is 4.41. The van der Waals surface area contributed by atoms with Gasteiger partial charge in [0.05, 0.1) is 5.52 Å². The SMILES string of the molecule is CC(=O)OCc1cn(C(C)=O)c2ccccc12. The lowest BCUT2D eigenvalue weighted by Crippen LogP contribution is -2.03. The first-order chi connectivity index (χ1) is 8.09. The quantitative estimate of drug-likeness (QED) is 0.745. The van der Waals surface area contributed by atoms with E-state index in [9.17, 15) is 9.59 Å². The van der Waals surface area contributed by atoms with Crippen molar-refractivity contribution in [1.82, 2.24) is 4.57 Å². The van der Waals surface area contributed by atoms with E-state index >= 15 is 0 Å². The minimum atomic E-state index is -0.329. The van der Waals surface area contributed by atoms with Gasteiger partial charge in [-0.05, 0) is 6.07 Å². The van der Waals surface area contributed by atoms with E-state index < -0.39 is 0 Å². The van der Waals surface area contributed by atoms with Gasteiger partial charge in [-0.2, -0.15) is 0 Å². The summed E-state index contributed by atoms with van der Waals surface area (Å²) in [6, 6.07) is 7.54. The predicted octanol–water partition coefficient (Wildman–Crippen LogP) is 2.36. The summed E-state index contributed by atoms with van der Waals surface area (Å²) in [5.74, 6) is -0.389. The molecule has 0 saturated heterocycles. The molecule has 0 saturated carbocycles. The van der Waals surface area contributed by atoms with Crippen LogP contribution in [0.3, 0.4) is 0 Å². The molecule has 2 rings (SSSR count). The molecule has 4 nitrogen and oxygen atoms in total. The number of esters is 1. The fourth-order valence-corrected chi connectivity index (χ4v) is 1.81. The molecule has 4 heteroatoms. The van der Waals surface area contributed by atoms with E-state index in [-0.39, 0.29) is 18.5 Å². The van der Waals surface area contributed by atoms with Crippen molar-refractivity contribution in [3.63, 3.8) is 0 Å². The molecule has 0 radical (unpaired) electrons. The first-order valence-electron chi connectivity index (χ1n) is 5.33. The van der Waals surface area contributed by atoms with E-state index in [0.29, 0.717) is 0 Å². The number of hydrogen-bond donors (Lipinski definition) is 0. The molecular formula is C13H13NO3. The maximum atomic E-state index is 11.5. The standard InChI is InChI=1S/C13H13NO3/c1-9(15)14-7-11(8-17-10(2)16)12-5-3-4-6-13(12)14/h3-7H,8H2,1-2H3. The van der Waals surface area contributed by atoms with Crippen LogP contribution >= 0.6 is 0 Å². The van der Waals surface area contributed by atoms with Crippen LogP contribution in [0.5, 0.6) is 0 Å². The number of fused-ring (bicyclic) bond motifs is 1. The van der Waals surface area contributed by atoms with Crippen LogP contribution in [-0.2, 0) is 16.1 Å². The van der Waals surface area contributed by atoms with Crippen LogP contribution in [-0.4, -0.2) is 16.4 Å². The van der Waals surface area contributed by atoms with Gasteiger partial charge in [0.15, 0.2) is 0 Å². The highest BCUT2D eigenvalue weighted by atomic mass is 16.5. The summed E-state index contributed by atoms with van der Waals surface area (Å²) in [7, 11) is 0. The first-order valence-corrected chi connectivity index (χ1v) is 5.33. The number of hydrogen-bond acceptors (Lipinski definition) is 3. The molecule has 0 aliphatic rings. The molecule has 1 aromatic carbocycles. The third-order valence-electron chi connectivity index (χ3n) is 2.56. The van der Waals surface area contributed by atoms with Crippen LogP contribution in [0.15, 0.2) is 30.5 Å². The first kappa shape index (κ1) is 11.4. The Balaban J connectivity index is 2.49. The van der Waals surface area contributed by atoms with Crippen LogP contribution in [0.25, 0.3) is 10.9 Å². The number of para-hydroxylation sites is 1. The molecular weight excluding hydrogens is 218 g/mol. The zero-order chi connectivity index (χ0) is 12.4. The summed E-state index contributed by atoms with van der Waals surface area (Å²) in [5.41, 5.74) is 1.67. The third-order valence-corrected chi connectivity index (χ3v) is 2.56. The molecule has 0 atom stereocenters. The maximum Gasteiger partial charge on any atom is 0.302 e. The second-order valence-corrected chi connectivity index (χ2v) is 3.84. The summed E-state index contributed by atoms with van der Waals surface area (Å²) in [6.45, 7) is 3.06. The van der Waals surface area contributed by atoms with Gasteiger partial charge in [0.25, 0.3) is 0 Å². The zero-order valence-corrected chi connectivity index (χ0v) is 9.77. The normalized spacial score (nSPS) is 10.5. The molecule has 0 spiro atoms. The molecule has 0 amide bonds. The third kappa shape index (κ3) is 2.20. The Kier molecular flexibility index (Phi) is 2.95. The molecule has 2 aromatic rings. The molecule has 1 aromatic heterocycles. The van der Waals surface area contributed by atoms with E-state index in [4.69, 9.17) is 4.74 Å². The Morgan fingerprint density at radius 1 is 1.24 bits per heavy atom. The zero-order valence-electron chi connectivity index (χ0n) is 9.77. The van der Waals surface area contributed by atoms with E-state index in [1.165, 1.54) is 13.8 Å². The van der Waals surface area contributed by atoms with Gasteiger partial charge in [-0.25, -0.2) is 0 Å². The number of carbonyl (C=O) groups is 2. The lowest BCUT2D eigenvalue weighted by Gasteiger charge is -1.99. The van der Waals surface area contributed by atoms with E-state index in [1.807, 2.05) is 24.3 Å². The van der Waals surface area contributed by atoms with Gasteiger partial charge >= 0.3 is 5.97 Å². The lowest BCUT2D eigenvalue weighted by atomic mass is 10.2. The Morgan fingerprint density at radius 3 is 2.59 bits per heavy atom. The van der Waals surface area contributed by atoms with Crippen molar-refractivity contribution in [2.45, 2.75) is 20.5 Å². The minimum Gasteiger partial charge on any atom is -0.461 e. The fourth-order valence-electron chi connectivity index (χ4n) is 1.81. The van der Waals surface area contributed by atoms with Crippen LogP contribution in [0.2, 0.25) is 0 Å². The topological polar surface area (TPSA) is 48.3 Å². The minimum absolute atomic E-state index is 0.0599. The summed E-state index contributed by atoms with van der Waals surface area (Å²) in [5, 5.41) is 0.934. The second-order valence-electron chi connectivity index (χ2n) is 3.84. The number of aromatic nitrogens is 1. The number of nitrogens with zero attached hydrogens (tertiary/aromatic N) is 1. The number of carbonyl (C=O) groups excluding carboxylic acids is 2. The van der Waals surface area contributed by atoms with Crippen LogP contribution in [0, 0.1) is 0 Å². The molecule has 0 N–H and O–H groups in total. The molecule has 0 aliphatic heterocycles. The average Bonchev–Trinajstić information content (AvgIpc) is 2.65.